The zero-order valence-corrected chi connectivity index (χ0v) is 15.7. The number of carbonyl (C=O) groups is 1. The van der Waals surface area contributed by atoms with Crippen LogP contribution in [0.1, 0.15) is 38.7 Å². The Bertz CT molecular complexity index is 661. The largest absolute Gasteiger partial charge is 0.445 e. The summed E-state index contributed by atoms with van der Waals surface area (Å²) in [5.41, 5.74) is 6.91. The number of hydrogen-bond donors (Lipinski definition) is 2. The van der Waals surface area contributed by atoms with Crippen molar-refractivity contribution in [2.75, 3.05) is 5.75 Å². The third-order valence-electron chi connectivity index (χ3n) is 4.70. The van der Waals surface area contributed by atoms with Crippen molar-refractivity contribution in [3.05, 3.63) is 35.9 Å². The van der Waals surface area contributed by atoms with Crippen molar-refractivity contribution in [1.82, 2.24) is 5.32 Å². The van der Waals surface area contributed by atoms with Gasteiger partial charge in [-0.05, 0) is 44.6 Å². The minimum Gasteiger partial charge on any atom is -0.445 e. The van der Waals surface area contributed by atoms with Crippen LogP contribution < -0.4 is 11.1 Å². The summed E-state index contributed by atoms with van der Waals surface area (Å²) in [6, 6.07) is 9.17. The van der Waals surface area contributed by atoms with Crippen LogP contribution in [0.2, 0.25) is 0 Å². The maximum Gasteiger partial charge on any atom is 0.407 e. The molecule has 7 heteroatoms. The molecule has 1 fully saturated rings. The molecule has 1 aliphatic carbocycles. The van der Waals surface area contributed by atoms with Crippen molar-refractivity contribution in [3.8, 4) is 0 Å². The van der Waals surface area contributed by atoms with Gasteiger partial charge in [0.15, 0.2) is 9.84 Å². The molecular weight excluding hydrogens is 340 g/mol. The highest BCUT2D eigenvalue weighted by molar-refractivity contribution is 7.91. The van der Waals surface area contributed by atoms with E-state index in [0.717, 1.165) is 12.0 Å². The van der Waals surface area contributed by atoms with E-state index in [-0.39, 0.29) is 30.4 Å². The van der Waals surface area contributed by atoms with Crippen molar-refractivity contribution in [1.29, 1.82) is 0 Å². The minimum absolute atomic E-state index is 0.0225. The second-order valence-corrected chi connectivity index (χ2v) is 9.63. The predicted octanol–water partition coefficient (Wildman–Crippen LogP) is 2.23. The lowest BCUT2D eigenvalue weighted by Gasteiger charge is -2.35. The van der Waals surface area contributed by atoms with Gasteiger partial charge < -0.3 is 15.8 Å². The van der Waals surface area contributed by atoms with E-state index in [1.54, 1.807) is 13.8 Å². The van der Waals surface area contributed by atoms with E-state index in [9.17, 15) is 13.2 Å². The van der Waals surface area contributed by atoms with Gasteiger partial charge in [0.2, 0.25) is 0 Å². The molecule has 1 amide bonds. The monoisotopic (exact) mass is 368 g/mol. The van der Waals surface area contributed by atoms with E-state index in [1.165, 1.54) is 0 Å². The molecule has 3 atom stereocenters. The molecule has 1 aromatic rings. The number of amides is 1. The molecule has 3 N–H and O–H groups in total. The lowest BCUT2D eigenvalue weighted by Crippen LogP contribution is -2.49. The molecule has 6 nitrogen and oxygen atoms in total. The van der Waals surface area contributed by atoms with Crippen LogP contribution in [0, 0.1) is 5.92 Å². The molecule has 1 aromatic carbocycles. The number of carbonyl (C=O) groups excluding carboxylic acids is 1. The summed E-state index contributed by atoms with van der Waals surface area (Å²) in [5, 5.41) is 2.41. The van der Waals surface area contributed by atoms with Crippen molar-refractivity contribution >= 4 is 15.9 Å². The Balaban J connectivity index is 1.94. The molecule has 25 heavy (non-hydrogen) atoms. The molecule has 0 aromatic heterocycles. The van der Waals surface area contributed by atoms with Crippen molar-refractivity contribution in [2.24, 2.45) is 11.7 Å². The summed E-state index contributed by atoms with van der Waals surface area (Å²) in [4.78, 5) is 12.1. The van der Waals surface area contributed by atoms with E-state index in [0.29, 0.717) is 12.8 Å². The Labute approximate surface area is 150 Å². The zero-order chi connectivity index (χ0) is 18.4. The molecule has 2 rings (SSSR count). The van der Waals surface area contributed by atoms with E-state index in [4.69, 9.17) is 10.5 Å². The normalized spacial score (nSPS) is 24.1. The number of ether oxygens (including phenoxy) is 1. The maximum absolute atomic E-state index is 12.3. The average Bonchev–Trinajstić information content (AvgIpc) is 2.56. The smallest absolute Gasteiger partial charge is 0.407 e. The van der Waals surface area contributed by atoms with Crippen LogP contribution in [0.25, 0.3) is 0 Å². The van der Waals surface area contributed by atoms with E-state index in [1.807, 2.05) is 30.3 Å². The maximum atomic E-state index is 12.3. The van der Waals surface area contributed by atoms with Crippen molar-refractivity contribution < 1.29 is 17.9 Å². The fourth-order valence-electron chi connectivity index (χ4n) is 3.08. The summed E-state index contributed by atoms with van der Waals surface area (Å²) in [5.74, 6) is -0.137. The van der Waals surface area contributed by atoms with Gasteiger partial charge in [-0.3, -0.25) is 0 Å². The molecule has 1 aliphatic rings. The SMILES string of the molecule is CC(C)S(=O)(=O)C[C@@H]1C[C@H](N)CC[C@@H]1NC(=O)OCc1ccccc1. The Morgan fingerprint density at radius 3 is 2.60 bits per heavy atom. The molecule has 0 heterocycles. The third-order valence-corrected chi connectivity index (χ3v) is 7.03. The van der Waals surface area contributed by atoms with Gasteiger partial charge in [-0.15, -0.1) is 0 Å². The van der Waals surface area contributed by atoms with E-state index < -0.39 is 21.2 Å². The first-order valence-electron chi connectivity index (χ1n) is 8.72. The Morgan fingerprint density at radius 2 is 1.96 bits per heavy atom. The third kappa shape index (κ3) is 6.01. The number of alkyl carbamates (subject to hydrolysis) is 1. The minimum atomic E-state index is -3.19. The van der Waals surface area contributed by atoms with Crippen molar-refractivity contribution in [2.45, 2.75) is 57.1 Å². The van der Waals surface area contributed by atoms with Crippen LogP contribution >= 0.6 is 0 Å². The fraction of sp³-hybridized carbons (Fsp3) is 0.611. The van der Waals surface area contributed by atoms with Gasteiger partial charge in [0, 0.05) is 12.1 Å². The van der Waals surface area contributed by atoms with Gasteiger partial charge >= 0.3 is 6.09 Å². The lowest BCUT2D eigenvalue weighted by molar-refractivity contribution is 0.127. The molecule has 1 saturated carbocycles. The lowest BCUT2D eigenvalue weighted by atomic mass is 9.83. The van der Waals surface area contributed by atoms with Crippen LogP contribution in [-0.4, -0.2) is 37.6 Å². The number of hydrogen-bond acceptors (Lipinski definition) is 5. The van der Waals surface area contributed by atoms with Crippen LogP contribution in [0.3, 0.4) is 0 Å². The highest BCUT2D eigenvalue weighted by atomic mass is 32.2. The summed E-state index contributed by atoms with van der Waals surface area (Å²) in [6.07, 6.45) is 1.51. The second kappa shape index (κ2) is 8.67. The Hall–Kier alpha value is -1.60. The highest BCUT2D eigenvalue weighted by Gasteiger charge is 2.34. The zero-order valence-electron chi connectivity index (χ0n) is 14.9. The van der Waals surface area contributed by atoms with Crippen LogP contribution in [0.15, 0.2) is 30.3 Å². The number of sulfone groups is 1. The highest BCUT2D eigenvalue weighted by Crippen LogP contribution is 2.26. The van der Waals surface area contributed by atoms with Crippen molar-refractivity contribution in [3.63, 3.8) is 0 Å². The predicted molar refractivity (Wildman–Crippen MR) is 97.8 cm³/mol. The first kappa shape index (κ1) is 19.7. The molecule has 0 spiro atoms. The first-order valence-corrected chi connectivity index (χ1v) is 10.4. The molecule has 0 bridgehead atoms. The number of rotatable bonds is 6. The van der Waals surface area contributed by atoms with Crippen LogP contribution in [0.4, 0.5) is 4.79 Å². The molecular formula is C18H28N2O4S. The first-order chi connectivity index (χ1) is 11.8. The van der Waals surface area contributed by atoms with Gasteiger partial charge in [0.1, 0.15) is 6.61 Å². The molecule has 140 valence electrons. The average molecular weight is 368 g/mol. The van der Waals surface area contributed by atoms with Gasteiger partial charge in [-0.2, -0.15) is 0 Å². The Morgan fingerprint density at radius 1 is 1.28 bits per heavy atom. The molecule has 0 saturated heterocycles. The fourth-order valence-corrected chi connectivity index (χ4v) is 4.43. The molecule has 0 aliphatic heterocycles. The van der Waals surface area contributed by atoms with Gasteiger partial charge in [0.05, 0.1) is 11.0 Å². The summed E-state index contributed by atoms with van der Waals surface area (Å²) in [6.45, 7) is 3.54. The molecule has 0 unspecified atom stereocenters. The summed E-state index contributed by atoms with van der Waals surface area (Å²) < 4.78 is 29.8. The number of benzene rings is 1. The summed E-state index contributed by atoms with van der Waals surface area (Å²) >= 11 is 0. The number of nitrogens with two attached hydrogens (primary N) is 1. The van der Waals surface area contributed by atoms with E-state index >= 15 is 0 Å². The quantitative estimate of drug-likeness (QED) is 0.802. The van der Waals surface area contributed by atoms with Gasteiger partial charge in [-0.25, -0.2) is 13.2 Å². The Kier molecular flexibility index (Phi) is 6.84. The van der Waals surface area contributed by atoms with Crippen LogP contribution in [0.5, 0.6) is 0 Å². The number of nitrogens with one attached hydrogen (secondary N) is 1. The van der Waals surface area contributed by atoms with Gasteiger partial charge in [0.25, 0.3) is 0 Å². The summed E-state index contributed by atoms with van der Waals surface area (Å²) in [7, 11) is -3.19. The van der Waals surface area contributed by atoms with Gasteiger partial charge in [-0.1, -0.05) is 30.3 Å². The topological polar surface area (TPSA) is 98.5 Å². The molecule has 0 radical (unpaired) electrons. The second-order valence-electron chi connectivity index (χ2n) is 7.02. The standard InChI is InChI=1S/C18H28N2O4S/c1-13(2)25(22,23)12-15-10-16(19)8-9-17(15)20-18(21)24-11-14-6-4-3-5-7-14/h3-7,13,15-17H,8-12,19H2,1-2H3,(H,20,21)/t15-,16+,17-/m0/s1. The van der Waals surface area contributed by atoms with E-state index in [2.05, 4.69) is 5.32 Å². The van der Waals surface area contributed by atoms with Crippen LogP contribution in [-0.2, 0) is 21.2 Å².